The molecule has 2 aromatic heterocycles. The topological polar surface area (TPSA) is 43.6 Å². The highest BCUT2D eigenvalue weighted by molar-refractivity contribution is 9.10. The van der Waals surface area contributed by atoms with Crippen LogP contribution in [0.5, 0.6) is 5.75 Å². The van der Waals surface area contributed by atoms with E-state index in [1.165, 1.54) is 0 Å². The van der Waals surface area contributed by atoms with Crippen LogP contribution in [0.3, 0.4) is 0 Å². The Bertz CT molecular complexity index is 767. The summed E-state index contributed by atoms with van der Waals surface area (Å²) in [5.41, 5.74) is 2.34. The summed E-state index contributed by atoms with van der Waals surface area (Å²) in [7, 11) is 0. The molecule has 100 valence electrons. The van der Waals surface area contributed by atoms with Gasteiger partial charge in [0.05, 0.1) is 10.0 Å². The first-order chi connectivity index (χ1) is 9.79. The second-order valence-corrected chi connectivity index (χ2v) is 5.11. The summed E-state index contributed by atoms with van der Waals surface area (Å²) < 4.78 is 8.48. The average molecular weight is 331 g/mol. The number of hydrogen-bond donors (Lipinski definition) is 0. The van der Waals surface area contributed by atoms with Crippen LogP contribution in [0.15, 0.2) is 53.4 Å². The highest BCUT2D eigenvalue weighted by Crippen LogP contribution is 2.29. The first-order valence-corrected chi connectivity index (χ1v) is 6.86. The van der Waals surface area contributed by atoms with Gasteiger partial charge in [-0.1, -0.05) is 12.1 Å². The van der Waals surface area contributed by atoms with Crippen LogP contribution in [0.1, 0.15) is 15.9 Å². The Kier molecular flexibility index (Phi) is 3.52. The fourth-order valence-corrected chi connectivity index (χ4v) is 2.54. The lowest BCUT2D eigenvalue weighted by Gasteiger charge is -2.11. The number of rotatable bonds is 4. The molecule has 1 aromatic carbocycles. The summed E-state index contributed by atoms with van der Waals surface area (Å²) in [5, 5.41) is 0. The Morgan fingerprint density at radius 3 is 3.00 bits per heavy atom. The molecule has 3 aromatic rings. The number of imidazole rings is 1. The number of carbonyl (C=O) groups excluding carboxylic acids is 1. The van der Waals surface area contributed by atoms with Gasteiger partial charge in [-0.2, -0.15) is 0 Å². The van der Waals surface area contributed by atoms with Crippen LogP contribution in [0.2, 0.25) is 0 Å². The van der Waals surface area contributed by atoms with Crippen LogP contribution in [0, 0.1) is 0 Å². The van der Waals surface area contributed by atoms with Gasteiger partial charge in [-0.15, -0.1) is 0 Å². The van der Waals surface area contributed by atoms with Gasteiger partial charge < -0.3 is 9.14 Å². The predicted octanol–water partition coefficient (Wildman–Crippen LogP) is 3.49. The maximum Gasteiger partial charge on any atom is 0.153 e. The molecule has 0 aliphatic rings. The molecule has 0 aliphatic carbocycles. The van der Waals surface area contributed by atoms with E-state index in [0.29, 0.717) is 17.9 Å². The van der Waals surface area contributed by atoms with Crippen molar-refractivity contribution in [2.45, 2.75) is 6.61 Å². The quantitative estimate of drug-likeness (QED) is 0.688. The summed E-state index contributed by atoms with van der Waals surface area (Å²) >= 11 is 3.40. The summed E-state index contributed by atoms with van der Waals surface area (Å²) in [6.07, 6.45) is 6.35. The number of pyridine rings is 1. The molecule has 0 N–H and O–H groups in total. The molecule has 3 rings (SSSR count). The van der Waals surface area contributed by atoms with Crippen LogP contribution in [0.4, 0.5) is 0 Å². The third-order valence-corrected chi connectivity index (χ3v) is 3.62. The smallest absolute Gasteiger partial charge is 0.153 e. The second kappa shape index (κ2) is 5.46. The van der Waals surface area contributed by atoms with Crippen LogP contribution in [0.25, 0.3) is 5.65 Å². The number of benzene rings is 1. The number of ether oxygens (including phenoxy) is 1. The molecule has 5 heteroatoms. The van der Waals surface area contributed by atoms with Gasteiger partial charge in [-0.25, -0.2) is 4.98 Å². The van der Waals surface area contributed by atoms with E-state index in [1.807, 2.05) is 35.0 Å². The van der Waals surface area contributed by atoms with Gasteiger partial charge in [0.2, 0.25) is 0 Å². The summed E-state index contributed by atoms with van der Waals surface area (Å²) in [5.74, 6) is 0.552. The van der Waals surface area contributed by atoms with E-state index in [4.69, 9.17) is 4.74 Å². The molecule has 0 saturated carbocycles. The van der Waals surface area contributed by atoms with E-state index >= 15 is 0 Å². The molecular weight excluding hydrogens is 320 g/mol. The Labute approximate surface area is 124 Å². The zero-order chi connectivity index (χ0) is 13.9. The van der Waals surface area contributed by atoms with E-state index in [9.17, 15) is 4.79 Å². The highest BCUT2D eigenvalue weighted by atomic mass is 79.9. The number of halogens is 1. The van der Waals surface area contributed by atoms with Crippen molar-refractivity contribution < 1.29 is 9.53 Å². The van der Waals surface area contributed by atoms with Crippen molar-refractivity contribution in [3.63, 3.8) is 0 Å². The van der Waals surface area contributed by atoms with E-state index in [0.717, 1.165) is 22.0 Å². The largest absolute Gasteiger partial charge is 0.487 e. The fraction of sp³-hybridized carbons (Fsp3) is 0.0667. The zero-order valence-electron chi connectivity index (χ0n) is 10.5. The number of fused-ring (bicyclic) bond motifs is 1. The summed E-state index contributed by atoms with van der Waals surface area (Å²) in [4.78, 5) is 15.3. The summed E-state index contributed by atoms with van der Waals surface area (Å²) in [6, 6.07) is 9.27. The second-order valence-electron chi connectivity index (χ2n) is 4.26. The molecule has 0 spiro atoms. The number of hydrogen-bond acceptors (Lipinski definition) is 3. The molecule has 20 heavy (non-hydrogen) atoms. The van der Waals surface area contributed by atoms with Gasteiger partial charge in [0, 0.05) is 24.2 Å². The predicted molar refractivity (Wildman–Crippen MR) is 79.1 cm³/mol. The molecule has 4 nitrogen and oxygen atoms in total. The summed E-state index contributed by atoms with van der Waals surface area (Å²) in [6.45, 7) is 0.352. The number of aldehydes is 1. The van der Waals surface area contributed by atoms with E-state index in [1.54, 1.807) is 18.3 Å². The minimum absolute atomic E-state index is 0.352. The van der Waals surface area contributed by atoms with Crippen LogP contribution < -0.4 is 4.74 Å². The molecule has 0 aliphatic heterocycles. The third-order valence-electron chi connectivity index (χ3n) is 3.00. The first-order valence-electron chi connectivity index (χ1n) is 6.06. The minimum atomic E-state index is 0.352. The number of carbonyl (C=O) groups is 1. The first kappa shape index (κ1) is 12.9. The van der Waals surface area contributed by atoms with Crippen LogP contribution in [-0.2, 0) is 6.61 Å². The van der Waals surface area contributed by atoms with Gasteiger partial charge in [0.15, 0.2) is 6.29 Å². The Morgan fingerprint density at radius 2 is 2.15 bits per heavy atom. The lowest BCUT2D eigenvalue weighted by molar-refractivity contribution is 0.111. The number of para-hydroxylation sites is 1. The number of aromatic nitrogens is 2. The normalized spacial score (nSPS) is 10.7. The Morgan fingerprint density at radius 1 is 1.25 bits per heavy atom. The number of nitrogens with zero attached hydrogens (tertiary/aromatic N) is 2. The van der Waals surface area contributed by atoms with Crippen molar-refractivity contribution in [3.05, 3.63) is 64.5 Å². The molecule has 0 fully saturated rings. The molecule has 2 heterocycles. The van der Waals surface area contributed by atoms with Gasteiger partial charge in [-0.05, 0) is 34.1 Å². The van der Waals surface area contributed by atoms with Crippen molar-refractivity contribution >= 4 is 27.9 Å². The molecule has 0 bridgehead atoms. The van der Waals surface area contributed by atoms with Crippen LogP contribution in [-0.4, -0.2) is 15.7 Å². The Hall–Kier alpha value is -2.14. The maximum absolute atomic E-state index is 11.0. The minimum Gasteiger partial charge on any atom is -0.487 e. The van der Waals surface area contributed by atoms with Crippen molar-refractivity contribution in [2.75, 3.05) is 0 Å². The van der Waals surface area contributed by atoms with Crippen molar-refractivity contribution in [3.8, 4) is 5.75 Å². The highest BCUT2D eigenvalue weighted by Gasteiger charge is 2.09. The molecule has 0 radical (unpaired) electrons. The van der Waals surface area contributed by atoms with E-state index < -0.39 is 0 Å². The fourth-order valence-electron chi connectivity index (χ4n) is 2.04. The maximum atomic E-state index is 11.0. The standard InChI is InChI=1S/C15H11BrN2O2/c16-13-5-1-3-11(9-19)14(13)20-10-12-4-2-7-18-8-6-17-15(12)18/h1-9H,10H2. The third kappa shape index (κ3) is 2.32. The van der Waals surface area contributed by atoms with Gasteiger partial charge in [0.1, 0.15) is 18.0 Å². The van der Waals surface area contributed by atoms with Gasteiger partial charge in [0.25, 0.3) is 0 Å². The average Bonchev–Trinajstić information content (AvgIpc) is 2.94. The molecule has 0 atom stereocenters. The van der Waals surface area contributed by atoms with Gasteiger partial charge >= 0.3 is 0 Å². The van der Waals surface area contributed by atoms with E-state index in [-0.39, 0.29) is 0 Å². The molecule has 0 saturated heterocycles. The van der Waals surface area contributed by atoms with Crippen LogP contribution >= 0.6 is 15.9 Å². The zero-order valence-corrected chi connectivity index (χ0v) is 12.1. The molecule has 0 amide bonds. The van der Waals surface area contributed by atoms with Crippen molar-refractivity contribution in [1.29, 1.82) is 0 Å². The molecule has 0 unspecified atom stereocenters. The van der Waals surface area contributed by atoms with Crippen molar-refractivity contribution in [1.82, 2.24) is 9.38 Å². The van der Waals surface area contributed by atoms with Crippen molar-refractivity contribution in [2.24, 2.45) is 0 Å². The Balaban J connectivity index is 1.90. The lowest BCUT2D eigenvalue weighted by atomic mass is 10.2. The molecular formula is C15H11BrN2O2. The van der Waals surface area contributed by atoms with Gasteiger partial charge in [-0.3, -0.25) is 4.79 Å². The SMILES string of the molecule is O=Cc1cccc(Br)c1OCc1cccn2ccnc12. The monoisotopic (exact) mass is 330 g/mol. The lowest BCUT2D eigenvalue weighted by Crippen LogP contribution is -2.01. The van der Waals surface area contributed by atoms with E-state index in [2.05, 4.69) is 20.9 Å².